The van der Waals surface area contributed by atoms with Crippen molar-refractivity contribution in [2.45, 2.75) is 13.0 Å². The van der Waals surface area contributed by atoms with Crippen LogP contribution in [-0.2, 0) is 16.0 Å². The highest BCUT2D eigenvalue weighted by Gasteiger charge is 2.15. The minimum atomic E-state index is 0.560. The Labute approximate surface area is 167 Å². The molecule has 3 rings (SSSR count). The van der Waals surface area contributed by atoms with Gasteiger partial charge in [0.15, 0.2) is 0 Å². The summed E-state index contributed by atoms with van der Waals surface area (Å²) in [4.78, 5) is 1.72. The molecule has 126 valence electrons. The molecule has 0 aliphatic heterocycles. The van der Waals surface area contributed by atoms with Gasteiger partial charge < -0.3 is 9.47 Å². The van der Waals surface area contributed by atoms with Gasteiger partial charge in [-0.3, -0.25) is 0 Å². The minimum absolute atomic E-state index is 0.560. The molecule has 24 heavy (non-hydrogen) atoms. The standard InChI is InChI=1S/C17H17I2N3O2/c1-11(23-2)7-9-24-10-8-22-20-16-14(18)12-5-3-4-6-13(12)15(19)17(16)21-22/h3-6H,1,7-10H2,2H3. The van der Waals surface area contributed by atoms with Crippen molar-refractivity contribution in [1.29, 1.82) is 0 Å². The third kappa shape index (κ3) is 3.67. The van der Waals surface area contributed by atoms with Crippen molar-refractivity contribution >= 4 is 67.0 Å². The van der Waals surface area contributed by atoms with Crippen molar-refractivity contribution in [3.8, 4) is 0 Å². The van der Waals surface area contributed by atoms with Crippen molar-refractivity contribution < 1.29 is 9.47 Å². The Kier molecular flexibility index (Phi) is 5.93. The number of rotatable bonds is 7. The molecule has 3 aromatic rings. The van der Waals surface area contributed by atoms with Crippen LogP contribution in [0.2, 0.25) is 0 Å². The molecular weight excluding hydrogens is 532 g/mol. The van der Waals surface area contributed by atoms with Crippen molar-refractivity contribution in [1.82, 2.24) is 15.0 Å². The normalized spacial score (nSPS) is 11.3. The van der Waals surface area contributed by atoms with Gasteiger partial charge in [0.05, 0.1) is 39.8 Å². The summed E-state index contributed by atoms with van der Waals surface area (Å²) in [5.41, 5.74) is 1.90. The zero-order chi connectivity index (χ0) is 17.1. The van der Waals surface area contributed by atoms with Gasteiger partial charge in [-0.15, -0.1) is 0 Å². The maximum absolute atomic E-state index is 5.60. The molecule has 0 amide bonds. The molecular formula is C17H17I2N3O2. The van der Waals surface area contributed by atoms with E-state index in [4.69, 9.17) is 9.47 Å². The predicted molar refractivity (Wildman–Crippen MR) is 112 cm³/mol. The maximum Gasteiger partial charge on any atom is 0.128 e. The Balaban J connectivity index is 1.77. The Morgan fingerprint density at radius 1 is 1.08 bits per heavy atom. The van der Waals surface area contributed by atoms with Gasteiger partial charge in [-0.05, 0) is 56.0 Å². The first-order valence-electron chi connectivity index (χ1n) is 7.52. The van der Waals surface area contributed by atoms with Crippen LogP contribution in [0.4, 0.5) is 0 Å². The van der Waals surface area contributed by atoms with E-state index in [1.807, 2.05) is 0 Å². The third-order valence-corrected chi connectivity index (χ3v) is 5.90. The molecule has 0 bridgehead atoms. The highest BCUT2D eigenvalue weighted by atomic mass is 127. The van der Waals surface area contributed by atoms with Crippen LogP contribution < -0.4 is 0 Å². The second-order valence-corrected chi connectivity index (χ2v) is 7.43. The van der Waals surface area contributed by atoms with Gasteiger partial charge in [-0.1, -0.05) is 30.8 Å². The van der Waals surface area contributed by atoms with E-state index >= 15 is 0 Å². The summed E-state index contributed by atoms with van der Waals surface area (Å²) in [6, 6.07) is 8.37. The molecule has 0 aliphatic rings. The number of nitrogens with zero attached hydrogens (tertiary/aromatic N) is 3. The Morgan fingerprint density at radius 2 is 1.67 bits per heavy atom. The zero-order valence-electron chi connectivity index (χ0n) is 13.3. The second-order valence-electron chi connectivity index (χ2n) is 5.27. The van der Waals surface area contributed by atoms with E-state index in [-0.39, 0.29) is 0 Å². The average molecular weight is 549 g/mol. The largest absolute Gasteiger partial charge is 0.502 e. The third-order valence-electron chi connectivity index (χ3n) is 3.72. The van der Waals surface area contributed by atoms with Gasteiger partial charge in [0.25, 0.3) is 0 Å². The number of ether oxygens (including phenoxy) is 2. The Morgan fingerprint density at radius 3 is 2.21 bits per heavy atom. The van der Waals surface area contributed by atoms with Crippen LogP contribution in [0, 0.1) is 7.14 Å². The molecule has 0 aliphatic carbocycles. The molecule has 0 radical (unpaired) electrons. The SMILES string of the molecule is C=C(CCOCCn1nc2c(I)c3ccccc3c(I)c2n1)OC. The summed E-state index contributed by atoms with van der Waals surface area (Å²) < 4.78 is 12.9. The minimum Gasteiger partial charge on any atom is -0.502 e. The van der Waals surface area contributed by atoms with Gasteiger partial charge in [-0.25, -0.2) is 0 Å². The van der Waals surface area contributed by atoms with Crippen LogP contribution in [0.1, 0.15) is 6.42 Å². The molecule has 1 aromatic heterocycles. The van der Waals surface area contributed by atoms with Gasteiger partial charge in [0, 0.05) is 6.42 Å². The predicted octanol–water partition coefficient (Wildman–Crippen LogP) is 4.36. The highest BCUT2D eigenvalue weighted by molar-refractivity contribution is 14.1. The van der Waals surface area contributed by atoms with Crippen molar-refractivity contribution in [2.24, 2.45) is 0 Å². The van der Waals surface area contributed by atoms with Crippen LogP contribution in [0.25, 0.3) is 21.8 Å². The topological polar surface area (TPSA) is 49.2 Å². The Bertz CT molecular complexity index is 834. The van der Waals surface area contributed by atoms with Crippen molar-refractivity contribution in [3.05, 3.63) is 43.7 Å². The molecule has 0 fully saturated rings. The molecule has 0 unspecified atom stereocenters. The molecule has 5 nitrogen and oxygen atoms in total. The van der Waals surface area contributed by atoms with Crippen LogP contribution >= 0.6 is 45.2 Å². The summed E-state index contributed by atoms with van der Waals surface area (Å²) in [5, 5.41) is 11.7. The Hall–Kier alpha value is -0.940. The monoisotopic (exact) mass is 549 g/mol. The van der Waals surface area contributed by atoms with Gasteiger partial charge in [0.2, 0.25) is 0 Å². The fraction of sp³-hybridized carbons (Fsp3) is 0.294. The summed E-state index contributed by atoms with van der Waals surface area (Å²) in [6.45, 7) is 5.54. The molecule has 0 saturated heterocycles. The quantitative estimate of drug-likeness (QED) is 0.250. The zero-order valence-corrected chi connectivity index (χ0v) is 17.6. The molecule has 7 heteroatoms. The average Bonchev–Trinajstić information content (AvgIpc) is 3.04. The lowest BCUT2D eigenvalue weighted by molar-refractivity contribution is 0.113. The lowest BCUT2D eigenvalue weighted by Crippen LogP contribution is -2.10. The molecule has 0 N–H and O–H groups in total. The first-order chi connectivity index (χ1) is 11.6. The van der Waals surface area contributed by atoms with Crippen LogP contribution in [0.15, 0.2) is 36.6 Å². The summed E-state index contributed by atoms with van der Waals surface area (Å²) in [7, 11) is 1.62. The van der Waals surface area contributed by atoms with Crippen LogP contribution in [0.5, 0.6) is 0 Å². The first-order valence-corrected chi connectivity index (χ1v) is 9.67. The lowest BCUT2D eigenvalue weighted by Gasteiger charge is -2.05. The molecule has 0 saturated carbocycles. The van der Waals surface area contributed by atoms with E-state index in [0.29, 0.717) is 26.2 Å². The van der Waals surface area contributed by atoms with E-state index in [1.165, 1.54) is 10.8 Å². The molecule has 0 atom stereocenters. The number of hydrogen-bond donors (Lipinski definition) is 0. The summed E-state index contributed by atoms with van der Waals surface area (Å²) in [6.07, 6.45) is 0.701. The lowest BCUT2D eigenvalue weighted by atomic mass is 10.1. The highest BCUT2D eigenvalue weighted by Crippen LogP contribution is 2.32. The van der Waals surface area contributed by atoms with Crippen molar-refractivity contribution in [2.75, 3.05) is 20.3 Å². The van der Waals surface area contributed by atoms with Gasteiger partial charge in [0.1, 0.15) is 11.0 Å². The van der Waals surface area contributed by atoms with Crippen LogP contribution in [0.3, 0.4) is 0 Å². The molecule has 2 aromatic carbocycles. The van der Waals surface area contributed by atoms with Gasteiger partial charge in [-0.2, -0.15) is 15.0 Å². The molecule has 0 spiro atoms. The number of aromatic nitrogens is 3. The van der Waals surface area contributed by atoms with Crippen LogP contribution in [-0.4, -0.2) is 35.3 Å². The van der Waals surface area contributed by atoms with E-state index in [1.54, 1.807) is 11.9 Å². The fourth-order valence-electron chi connectivity index (χ4n) is 2.40. The van der Waals surface area contributed by atoms with E-state index in [2.05, 4.69) is 86.2 Å². The van der Waals surface area contributed by atoms with Gasteiger partial charge >= 0.3 is 0 Å². The number of hydrogen-bond acceptors (Lipinski definition) is 4. The van der Waals surface area contributed by atoms with E-state index in [9.17, 15) is 0 Å². The number of benzene rings is 2. The van der Waals surface area contributed by atoms with E-state index < -0.39 is 0 Å². The smallest absolute Gasteiger partial charge is 0.128 e. The number of methoxy groups -OCH3 is 1. The summed E-state index contributed by atoms with van der Waals surface area (Å²) >= 11 is 4.71. The first kappa shape index (κ1) is 17.9. The van der Waals surface area contributed by atoms with Crippen molar-refractivity contribution in [3.63, 3.8) is 0 Å². The molecule has 1 heterocycles. The fourth-order valence-corrected chi connectivity index (χ4v) is 4.07. The summed E-state index contributed by atoms with van der Waals surface area (Å²) in [5.74, 6) is 0.730. The maximum atomic E-state index is 5.60. The number of halogens is 2. The second kappa shape index (κ2) is 7.96. The van der Waals surface area contributed by atoms with E-state index in [0.717, 1.165) is 23.9 Å². The number of fused-ring (bicyclic) bond motifs is 2.